The maximum Gasteiger partial charge on any atom is 0.147 e. The molecule has 112 valence electrons. The van der Waals surface area contributed by atoms with Crippen LogP contribution in [0.25, 0.3) is 0 Å². The predicted molar refractivity (Wildman–Crippen MR) is 83.4 cm³/mol. The molecule has 1 N–H and O–H groups in total. The van der Waals surface area contributed by atoms with Gasteiger partial charge in [0, 0.05) is 17.5 Å². The van der Waals surface area contributed by atoms with E-state index in [0.29, 0.717) is 0 Å². The zero-order chi connectivity index (χ0) is 15.0. The van der Waals surface area contributed by atoms with Crippen molar-refractivity contribution in [3.05, 3.63) is 40.2 Å². The summed E-state index contributed by atoms with van der Waals surface area (Å²) in [5, 5.41) is 8.19. The third-order valence-electron chi connectivity index (χ3n) is 4.46. The molecule has 0 saturated carbocycles. The topological polar surface area (TPSA) is 47.3 Å². The Bertz CT molecular complexity index is 668. The summed E-state index contributed by atoms with van der Waals surface area (Å²) < 4.78 is 10.7. The minimum atomic E-state index is -0.0870. The van der Waals surface area contributed by atoms with Gasteiger partial charge in [-0.05, 0) is 42.5 Å². The Morgan fingerprint density at radius 2 is 2.19 bits per heavy atom. The lowest BCUT2D eigenvalue weighted by molar-refractivity contribution is 0.340. The van der Waals surface area contributed by atoms with Gasteiger partial charge in [0.2, 0.25) is 0 Å². The molecule has 21 heavy (non-hydrogen) atoms. The van der Waals surface area contributed by atoms with Crippen molar-refractivity contribution in [1.29, 1.82) is 0 Å². The molecule has 1 aromatic carbocycles. The quantitative estimate of drug-likeness (QED) is 0.936. The highest BCUT2D eigenvalue weighted by molar-refractivity contribution is 6.31. The van der Waals surface area contributed by atoms with Crippen LogP contribution in [0.1, 0.15) is 30.2 Å². The molecule has 2 aromatic rings. The van der Waals surface area contributed by atoms with Crippen LogP contribution in [0.5, 0.6) is 5.75 Å². The summed E-state index contributed by atoms with van der Waals surface area (Å²) in [7, 11) is 3.58. The fourth-order valence-electron chi connectivity index (χ4n) is 3.23. The summed E-state index contributed by atoms with van der Waals surface area (Å²) in [6.45, 7) is 2.22. The van der Waals surface area contributed by atoms with Crippen LogP contribution in [0.15, 0.2) is 22.9 Å². The van der Waals surface area contributed by atoms with Gasteiger partial charge in [-0.2, -0.15) is 0 Å². The number of fused-ring (bicyclic) bond motifs is 1. The summed E-state index contributed by atoms with van der Waals surface area (Å²) >= 11 is 6.35. The Kier molecular flexibility index (Phi) is 3.57. The summed E-state index contributed by atoms with van der Waals surface area (Å²) in [5.74, 6) is 0.898. The third-order valence-corrected chi connectivity index (χ3v) is 4.81. The number of hydrogen-bond donors (Lipinski definition) is 1. The molecule has 1 aromatic heterocycles. The molecule has 0 spiro atoms. The van der Waals surface area contributed by atoms with E-state index in [-0.39, 0.29) is 5.41 Å². The summed E-state index contributed by atoms with van der Waals surface area (Å²) in [6.07, 6.45) is 4.39. The first kappa shape index (κ1) is 14.3. The number of aromatic nitrogens is 1. The molecule has 1 atom stereocenters. The Hall–Kier alpha value is -1.68. The number of nitrogens with one attached hydrogen (secondary N) is 1. The van der Waals surface area contributed by atoms with E-state index in [0.717, 1.165) is 41.4 Å². The lowest BCUT2D eigenvalue weighted by Gasteiger charge is -2.35. The van der Waals surface area contributed by atoms with Gasteiger partial charge < -0.3 is 14.6 Å². The van der Waals surface area contributed by atoms with Crippen molar-refractivity contribution >= 4 is 17.3 Å². The summed E-state index contributed by atoms with van der Waals surface area (Å²) in [6, 6.07) is 3.85. The van der Waals surface area contributed by atoms with E-state index in [1.165, 1.54) is 11.1 Å². The van der Waals surface area contributed by atoms with Gasteiger partial charge in [-0.15, -0.1) is 0 Å². The second-order valence-corrected chi connectivity index (χ2v) is 6.18. The van der Waals surface area contributed by atoms with Crippen molar-refractivity contribution in [3.63, 3.8) is 0 Å². The van der Waals surface area contributed by atoms with E-state index >= 15 is 0 Å². The van der Waals surface area contributed by atoms with Crippen LogP contribution in [0.3, 0.4) is 0 Å². The van der Waals surface area contributed by atoms with E-state index in [1.807, 2.05) is 19.2 Å². The molecule has 0 aliphatic heterocycles. The average Bonchev–Trinajstić information content (AvgIpc) is 2.97. The van der Waals surface area contributed by atoms with Crippen LogP contribution < -0.4 is 10.1 Å². The Morgan fingerprint density at radius 1 is 1.38 bits per heavy atom. The second kappa shape index (κ2) is 5.26. The molecular weight excluding hydrogens is 288 g/mol. The third kappa shape index (κ3) is 2.27. The SMILES string of the molecule is CNc1conc1C1(C)CCc2c(Cl)ccc(OC)c2C1. The number of halogens is 1. The first-order valence-electron chi connectivity index (χ1n) is 7.06. The van der Waals surface area contributed by atoms with E-state index in [9.17, 15) is 0 Å². The van der Waals surface area contributed by atoms with Crippen LogP contribution in [0.4, 0.5) is 5.69 Å². The largest absolute Gasteiger partial charge is 0.496 e. The Labute approximate surface area is 129 Å². The molecule has 1 unspecified atom stereocenters. The zero-order valence-electron chi connectivity index (χ0n) is 12.5. The fourth-order valence-corrected chi connectivity index (χ4v) is 3.50. The molecule has 0 bridgehead atoms. The molecule has 5 heteroatoms. The predicted octanol–water partition coefficient (Wildman–Crippen LogP) is 3.82. The van der Waals surface area contributed by atoms with Gasteiger partial charge in [0.25, 0.3) is 0 Å². The van der Waals surface area contributed by atoms with Crippen molar-refractivity contribution in [2.75, 3.05) is 19.5 Å². The van der Waals surface area contributed by atoms with Crippen LogP contribution in [-0.4, -0.2) is 19.3 Å². The van der Waals surface area contributed by atoms with E-state index in [1.54, 1.807) is 13.4 Å². The number of rotatable bonds is 3. The molecule has 4 nitrogen and oxygen atoms in total. The normalized spacial score (nSPS) is 21.0. The first-order chi connectivity index (χ1) is 10.1. The van der Waals surface area contributed by atoms with Gasteiger partial charge in [-0.3, -0.25) is 0 Å². The van der Waals surface area contributed by atoms with Crippen molar-refractivity contribution in [2.45, 2.75) is 31.6 Å². The molecule has 1 aliphatic rings. The molecule has 0 radical (unpaired) electrons. The number of hydrogen-bond acceptors (Lipinski definition) is 4. The van der Waals surface area contributed by atoms with E-state index in [2.05, 4.69) is 17.4 Å². The van der Waals surface area contributed by atoms with Crippen molar-refractivity contribution in [2.24, 2.45) is 0 Å². The zero-order valence-corrected chi connectivity index (χ0v) is 13.3. The van der Waals surface area contributed by atoms with Crippen molar-refractivity contribution in [3.8, 4) is 5.75 Å². The fraction of sp³-hybridized carbons (Fsp3) is 0.438. The lowest BCUT2D eigenvalue weighted by Crippen LogP contribution is -2.31. The standard InChI is InChI=1S/C16H19ClN2O2/c1-16(15-13(18-2)9-21-19-15)7-6-10-11(8-16)14(20-3)5-4-12(10)17/h4-5,9,18H,6-8H2,1-3H3. The molecule has 1 heterocycles. The van der Waals surface area contributed by atoms with Gasteiger partial charge in [-0.25, -0.2) is 0 Å². The lowest BCUT2D eigenvalue weighted by atomic mass is 9.70. The summed E-state index contributed by atoms with van der Waals surface area (Å²) in [5.41, 5.74) is 4.21. The molecule has 0 fully saturated rings. The van der Waals surface area contributed by atoms with Crippen LogP contribution in [-0.2, 0) is 18.3 Å². The number of nitrogens with zero attached hydrogens (tertiary/aromatic N) is 1. The molecule has 1 aliphatic carbocycles. The highest BCUT2D eigenvalue weighted by atomic mass is 35.5. The smallest absolute Gasteiger partial charge is 0.147 e. The van der Waals surface area contributed by atoms with Crippen molar-refractivity contribution < 1.29 is 9.26 Å². The minimum Gasteiger partial charge on any atom is -0.496 e. The maximum absolute atomic E-state index is 6.35. The number of anilines is 1. The van der Waals surface area contributed by atoms with Gasteiger partial charge in [0.05, 0.1) is 12.8 Å². The van der Waals surface area contributed by atoms with Crippen LogP contribution in [0.2, 0.25) is 5.02 Å². The highest BCUT2D eigenvalue weighted by Crippen LogP contribution is 2.44. The monoisotopic (exact) mass is 306 g/mol. The van der Waals surface area contributed by atoms with E-state index in [4.69, 9.17) is 20.9 Å². The number of ether oxygens (including phenoxy) is 1. The Morgan fingerprint density at radius 3 is 2.90 bits per heavy atom. The molecule has 0 saturated heterocycles. The minimum absolute atomic E-state index is 0.0870. The Balaban J connectivity index is 2.06. The number of methoxy groups -OCH3 is 1. The van der Waals surface area contributed by atoms with E-state index < -0.39 is 0 Å². The van der Waals surface area contributed by atoms with Gasteiger partial charge in [0.15, 0.2) is 0 Å². The summed E-state index contributed by atoms with van der Waals surface area (Å²) in [4.78, 5) is 0. The molecular formula is C16H19ClN2O2. The first-order valence-corrected chi connectivity index (χ1v) is 7.43. The average molecular weight is 307 g/mol. The van der Waals surface area contributed by atoms with Crippen LogP contribution in [0, 0.1) is 0 Å². The highest BCUT2D eigenvalue weighted by Gasteiger charge is 2.38. The second-order valence-electron chi connectivity index (χ2n) is 5.77. The van der Waals surface area contributed by atoms with Gasteiger partial charge in [-0.1, -0.05) is 23.7 Å². The molecule has 0 amide bonds. The number of benzene rings is 1. The van der Waals surface area contributed by atoms with Crippen molar-refractivity contribution in [1.82, 2.24) is 5.16 Å². The maximum atomic E-state index is 6.35. The van der Waals surface area contributed by atoms with Crippen LogP contribution >= 0.6 is 11.6 Å². The molecule has 3 rings (SSSR count). The van der Waals surface area contributed by atoms with Gasteiger partial charge >= 0.3 is 0 Å². The van der Waals surface area contributed by atoms with Gasteiger partial charge in [0.1, 0.15) is 17.7 Å².